The summed E-state index contributed by atoms with van der Waals surface area (Å²) in [7, 11) is 0. The first-order chi connectivity index (χ1) is 7.77. The molecule has 0 fully saturated rings. The van der Waals surface area contributed by atoms with E-state index in [4.69, 9.17) is 0 Å². The molecule has 0 radical (unpaired) electrons. The summed E-state index contributed by atoms with van der Waals surface area (Å²) < 4.78 is 0. The molecule has 2 rings (SSSR count). The minimum absolute atomic E-state index is 1.29. The smallest absolute Gasteiger partial charge is 0.0227 e. The molecule has 0 aromatic heterocycles. The lowest BCUT2D eigenvalue weighted by molar-refractivity contribution is 1.44. The molecule has 1 aromatic carbocycles. The summed E-state index contributed by atoms with van der Waals surface area (Å²) in [5, 5.41) is 0. The van der Waals surface area contributed by atoms with Gasteiger partial charge in [0.25, 0.3) is 0 Å². The van der Waals surface area contributed by atoms with E-state index in [-0.39, 0.29) is 0 Å². The van der Waals surface area contributed by atoms with Gasteiger partial charge in [-0.15, -0.1) is 0 Å². The van der Waals surface area contributed by atoms with E-state index in [2.05, 4.69) is 68.5 Å². The number of allylic oxidation sites excluding steroid dienone is 8. The number of benzene rings is 1. The monoisotopic (exact) mass is 208 g/mol. The van der Waals surface area contributed by atoms with Crippen LogP contribution in [0.15, 0.2) is 71.9 Å². The highest BCUT2D eigenvalue weighted by atomic mass is 14.0. The molecule has 1 aliphatic rings. The third kappa shape index (κ3) is 2.40. The molecule has 1 aromatic rings. The second-order valence-electron chi connectivity index (χ2n) is 4.05. The lowest BCUT2D eigenvalue weighted by Crippen LogP contribution is -1.81. The minimum Gasteiger partial charge on any atom is -0.0622 e. The van der Waals surface area contributed by atoms with Crippen LogP contribution in [-0.2, 0) is 0 Å². The molecule has 0 amide bonds. The maximum Gasteiger partial charge on any atom is -0.0227 e. The van der Waals surface area contributed by atoms with Crippen molar-refractivity contribution < 1.29 is 0 Å². The lowest BCUT2D eigenvalue weighted by Gasteiger charge is -2.03. The molecule has 0 bridgehead atoms. The molecule has 0 saturated carbocycles. The van der Waals surface area contributed by atoms with Gasteiger partial charge in [0.2, 0.25) is 0 Å². The van der Waals surface area contributed by atoms with Crippen molar-refractivity contribution in [2.75, 3.05) is 0 Å². The normalized spacial score (nSPS) is 14.6. The van der Waals surface area contributed by atoms with Gasteiger partial charge < -0.3 is 0 Å². The van der Waals surface area contributed by atoms with Crippen LogP contribution in [0.25, 0.3) is 5.57 Å². The van der Waals surface area contributed by atoms with Crippen LogP contribution >= 0.6 is 0 Å². The molecule has 0 spiro atoms. The van der Waals surface area contributed by atoms with Crippen molar-refractivity contribution in [1.82, 2.24) is 0 Å². The van der Waals surface area contributed by atoms with Crippen molar-refractivity contribution in [2.45, 2.75) is 13.8 Å². The summed E-state index contributed by atoms with van der Waals surface area (Å²) in [5.74, 6) is 0. The van der Waals surface area contributed by atoms with Gasteiger partial charge in [-0.25, -0.2) is 0 Å². The van der Waals surface area contributed by atoms with E-state index in [1.165, 1.54) is 22.3 Å². The zero-order valence-electron chi connectivity index (χ0n) is 9.77. The standard InChI is InChI=1S/C16H16/c1-13(15-8-4-3-5-9-15)12-14(2)16-10-6-7-11-16/h3-12H,1-2H3/b13-12+. The lowest BCUT2D eigenvalue weighted by atomic mass is 10.0. The van der Waals surface area contributed by atoms with Crippen LogP contribution in [0.1, 0.15) is 19.4 Å². The van der Waals surface area contributed by atoms with Crippen LogP contribution in [0.3, 0.4) is 0 Å². The quantitative estimate of drug-likeness (QED) is 0.669. The molecule has 0 saturated heterocycles. The first kappa shape index (κ1) is 10.7. The van der Waals surface area contributed by atoms with Gasteiger partial charge in [0.15, 0.2) is 0 Å². The van der Waals surface area contributed by atoms with Gasteiger partial charge in [0.1, 0.15) is 0 Å². The predicted molar refractivity (Wildman–Crippen MR) is 71.1 cm³/mol. The molecule has 0 nitrogen and oxygen atoms in total. The SMILES string of the molecule is CC(/C=C(\C)c1ccccc1)=C1C=CC=C1. The second-order valence-corrected chi connectivity index (χ2v) is 4.05. The summed E-state index contributed by atoms with van der Waals surface area (Å²) >= 11 is 0. The van der Waals surface area contributed by atoms with Crippen molar-refractivity contribution in [3.05, 3.63) is 77.4 Å². The van der Waals surface area contributed by atoms with E-state index < -0.39 is 0 Å². The summed E-state index contributed by atoms with van der Waals surface area (Å²) in [6, 6.07) is 10.5. The number of hydrogen-bond acceptors (Lipinski definition) is 0. The van der Waals surface area contributed by atoms with Gasteiger partial charge in [-0.2, -0.15) is 0 Å². The fourth-order valence-corrected chi connectivity index (χ4v) is 1.83. The highest BCUT2D eigenvalue weighted by Gasteiger charge is 1.98. The van der Waals surface area contributed by atoms with Crippen LogP contribution in [-0.4, -0.2) is 0 Å². The number of rotatable bonds is 2. The summed E-state index contributed by atoms with van der Waals surface area (Å²) in [4.78, 5) is 0. The van der Waals surface area contributed by atoms with Crippen LogP contribution < -0.4 is 0 Å². The van der Waals surface area contributed by atoms with E-state index in [9.17, 15) is 0 Å². The molecule has 0 heteroatoms. The van der Waals surface area contributed by atoms with Crippen molar-refractivity contribution >= 4 is 5.57 Å². The minimum atomic E-state index is 1.29. The van der Waals surface area contributed by atoms with E-state index in [0.29, 0.717) is 0 Å². The van der Waals surface area contributed by atoms with Gasteiger partial charge in [0.05, 0.1) is 0 Å². The molecule has 0 aliphatic heterocycles. The summed E-state index contributed by atoms with van der Waals surface area (Å²) in [6.07, 6.45) is 10.7. The molecule has 0 atom stereocenters. The van der Waals surface area contributed by atoms with Crippen LogP contribution in [0.4, 0.5) is 0 Å². The van der Waals surface area contributed by atoms with Crippen LogP contribution in [0, 0.1) is 0 Å². The van der Waals surface area contributed by atoms with E-state index in [1.54, 1.807) is 0 Å². The Morgan fingerprint density at radius 1 is 0.938 bits per heavy atom. The average molecular weight is 208 g/mol. The highest BCUT2D eigenvalue weighted by molar-refractivity contribution is 5.67. The van der Waals surface area contributed by atoms with E-state index >= 15 is 0 Å². The van der Waals surface area contributed by atoms with Gasteiger partial charge in [0, 0.05) is 0 Å². The Morgan fingerprint density at radius 3 is 2.19 bits per heavy atom. The van der Waals surface area contributed by atoms with Gasteiger partial charge >= 0.3 is 0 Å². The fraction of sp³-hybridized carbons (Fsp3) is 0.125. The Kier molecular flexibility index (Phi) is 3.21. The molecular formula is C16H16. The first-order valence-electron chi connectivity index (χ1n) is 5.57. The van der Waals surface area contributed by atoms with Crippen molar-refractivity contribution in [3.8, 4) is 0 Å². The Hall–Kier alpha value is -1.82. The third-order valence-corrected chi connectivity index (χ3v) is 2.78. The molecule has 80 valence electrons. The average Bonchev–Trinajstić information content (AvgIpc) is 2.83. The van der Waals surface area contributed by atoms with E-state index in [1.807, 2.05) is 6.07 Å². The predicted octanol–water partition coefficient (Wildman–Crippen LogP) is 4.53. The zero-order chi connectivity index (χ0) is 11.4. The number of hydrogen-bond donors (Lipinski definition) is 0. The largest absolute Gasteiger partial charge is 0.0622 e. The van der Waals surface area contributed by atoms with Crippen LogP contribution in [0.2, 0.25) is 0 Å². The maximum atomic E-state index is 2.24. The summed E-state index contributed by atoms with van der Waals surface area (Å²) in [5.41, 5.74) is 5.20. The first-order valence-corrected chi connectivity index (χ1v) is 5.57. The van der Waals surface area contributed by atoms with Crippen molar-refractivity contribution in [1.29, 1.82) is 0 Å². The Balaban J connectivity index is 2.29. The Morgan fingerprint density at radius 2 is 1.56 bits per heavy atom. The van der Waals surface area contributed by atoms with Crippen molar-refractivity contribution in [2.24, 2.45) is 0 Å². The highest BCUT2D eigenvalue weighted by Crippen LogP contribution is 2.19. The zero-order valence-corrected chi connectivity index (χ0v) is 9.77. The topological polar surface area (TPSA) is 0 Å². The Bertz CT molecular complexity index is 468. The molecular weight excluding hydrogens is 192 g/mol. The molecule has 0 unspecified atom stereocenters. The van der Waals surface area contributed by atoms with Gasteiger partial charge in [-0.3, -0.25) is 0 Å². The van der Waals surface area contributed by atoms with Crippen LogP contribution in [0.5, 0.6) is 0 Å². The summed E-state index contributed by atoms with van der Waals surface area (Å²) in [6.45, 7) is 4.31. The maximum absolute atomic E-state index is 2.24. The third-order valence-electron chi connectivity index (χ3n) is 2.78. The van der Waals surface area contributed by atoms with Gasteiger partial charge in [-0.05, 0) is 36.1 Å². The fourth-order valence-electron chi connectivity index (χ4n) is 1.83. The van der Waals surface area contributed by atoms with Gasteiger partial charge in [-0.1, -0.05) is 60.7 Å². The Labute approximate surface area is 97.3 Å². The molecule has 0 N–H and O–H groups in total. The second kappa shape index (κ2) is 4.80. The molecule has 0 heterocycles. The van der Waals surface area contributed by atoms with Crippen molar-refractivity contribution in [3.63, 3.8) is 0 Å². The molecule has 16 heavy (non-hydrogen) atoms. The van der Waals surface area contributed by atoms with E-state index in [0.717, 1.165) is 0 Å². The molecule has 1 aliphatic carbocycles.